The smallest absolute Gasteiger partial charge is 0.303 e. The van der Waals surface area contributed by atoms with E-state index in [0.29, 0.717) is 10.8 Å². The Bertz CT molecular complexity index is 558. The number of anilines is 1. The van der Waals surface area contributed by atoms with Crippen molar-refractivity contribution in [3.63, 3.8) is 0 Å². The van der Waals surface area contributed by atoms with Crippen LogP contribution in [0, 0.1) is 12.3 Å². The molecule has 2 N–H and O–H groups in total. The minimum Gasteiger partial charge on any atom is -0.481 e. The number of carboxylic acid groups (broad SMARTS) is 1. The van der Waals surface area contributed by atoms with Crippen LogP contribution < -0.4 is 5.32 Å². The lowest BCUT2D eigenvalue weighted by Gasteiger charge is -2.12. The van der Waals surface area contributed by atoms with Crippen molar-refractivity contribution >= 4 is 40.9 Å². The van der Waals surface area contributed by atoms with Crippen LogP contribution in [-0.4, -0.2) is 28.5 Å². The van der Waals surface area contributed by atoms with Gasteiger partial charge in [0, 0.05) is 10.7 Å². The van der Waals surface area contributed by atoms with Crippen LogP contribution in [0.5, 0.6) is 0 Å². The van der Waals surface area contributed by atoms with Crippen LogP contribution in [0.1, 0.15) is 24.8 Å². The largest absolute Gasteiger partial charge is 0.481 e. The molecule has 1 aromatic rings. The molecule has 0 saturated heterocycles. The highest BCUT2D eigenvalue weighted by molar-refractivity contribution is 8.00. The van der Waals surface area contributed by atoms with Crippen molar-refractivity contribution in [2.24, 2.45) is 5.41 Å². The Balaban J connectivity index is 1.76. The molecule has 114 valence electrons. The monoisotopic (exact) mass is 327 g/mol. The second-order valence-electron chi connectivity index (χ2n) is 5.57. The lowest BCUT2D eigenvalue weighted by Crippen LogP contribution is -2.17. The van der Waals surface area contributed by atoms with Crippen molar-refractivity contribution in [3.05, 3.63) is 28.8 Å². The van der Waals surface area contributed by atoms with Crippen LogP contribution in [0.3, 0.4) is 0 Å². The number of carboxylic acids is 1. The first-order valence-electron chi connectivity index (χ1n) is 6.76. The second-order valence-corrected chi connectivity index (χ2v) is 6.99. The second kappa shape index (κ2) is 6.71. The summed E-state index contributed by atoms with van der Waals surface area (Å²) < 4.78 is 0. The van der Waals surface area contributed by atoms with Gasteiger partial charge in [0.2, 0.25) is 5.91 Å². The summed E-state index contributed by atoms with van der Waals surface area (Å²) in [6, 6.07) is 5.33. The van der Waals surface area contributed by atoms with Crippen molar-refractivity contribution in [1.82, 2.24) is 0 Å². The zero-order valence-electron chi connectivity index (χ0n) is 11.8. The first-order valence-corrected chi connectivity index (χ1v) is 8.29. The number of halogens is 1. The molecule has 0 bridgehead atoms. The highest BCUT2D eigenvalue weighted by Gasteiger charge is 2.44. The summed E-state index contributed by atoms with van der Waals surface area (Å²) in [7, 11) is 0. The van der Waals surface area contributed by atoms with Gasteiger partial charge in [0.05, 0.1) is 12.2 Å². The summed E-state index contributed by atoms with van der Waals surface area (Å²) in [6.07, 6.45) is 2.10. The summed E-state index contributed by atoms with van der Waals surface area (Å²) in [5.41, 5.74) is 1.61. The van der Waals surface area contributed by atoms with Crippen molar-refractivity contribution in [2.45, 2.75) is 26.2 Å². The first kappa shape index (κ1) is 16.2. The molecule has 6 heteroatoms. The van der Waals surface area contributed by atoms with E-state index in [2.05, 4.69) is 5.32 Å². The molecule has 0 heterocycles. The van der Waals surface area contributed by atoms with E-state index < -0.39 is 5.97 Å². The molecule has 1 saturated carbocycles. The van der Waals surface area contributed by atoms with Crippen LogP contribution in [-0.2, 0) is 9.59 Å². The standard InChI is InChI=1S/C15H18ClNO3S/c1-10-6-11(16)2-3-12(10)17-13(18)8-21-9-15(4-5-15)7-14(19)20/h2-3,6H,4-5,7-9H2,1H3,(H,17,18)(H,19,20). The average molecular weight is 328 g/mol. The lowest BCUT2D eigenvalue weighted by molar-refractivity contribution is -0.138. The highest BCUT2D eigenvalue weighted by Crippen LogP contribution is 2.50. The van der Waals surface area contributed by atoms with Crippen LogP contribution in [0.15, 0.2) is 18.2 Å². The fourth-order valence-corrected chi connectivity index (χ4v) is 3.59. The summed E-state index contributed by atoms with van der Waals surface area (Å²) in [5, 5.41) is 12.3. The van der Waals surface area contributed by atoms with Gasteiger partial charge in [-0.05, 0) is 54.7 Å². The molecule has 0 aliphatic heterocycles. The predicted octanol–water partition coefficient (Wildman–Crippen LogP) is 3.58. The number of amides is 1. The molecule has 1 aromatic carbocycles. The minimum atomic E-state index is -0.755. The van der Waals surface area contributed by atoms with Crippen LogP contribution in [0.4, 0.5) is 5.69 Å². The summed E-state index contributed by atoms with van der Waals surface area (Å²) in [5.74, 6) is 0.237. The molecule has 0 unspecified atom stereocenters. The van der Waals surface area contributed by atoms with E-state index in [1.165, 1.54) is 11.8 Å². The highest BCUT2D eigenvalue weighted by atomic mass is 35.5. The van der Waals surface area contributed by atoms with Crippen molar-refractivity contribution < 1.29 is 14.7 Å². The van der Waals surface area contributed by atoms with Crippen LogP contribution in [0.25, 0.3) is 0 Å². The fraction of sp³-hybridized carbons (Fsp3) is 0.467. The molecule has 0 aromatic heterocycles. The number of carbonyl (C=O) groups excluding carboxylic acids is 1. The first-order chi connectivity index (χ1) is 9.90. The van der Waals surface area contributed by atoms with Gasteiger partial charge >= 0.3 is 5.97 Å². The van der Waals surface area contributed by atoms with Gasteiger partial charge in [-0.1, -0.05) is 11.6 Å². The number of aliphatic carboxylic acids is 1. The molecular weight excluding hydrogens is 310 g/mol. The Morgan fingerprint density at radius 2 is 2.14 bits per heavy atom. The zero-order chi connectivity index (χ0) is 15.5. The van der Waals surface area contributed by atoms with Gasteiger partial charge in [-0.15, -0.1) is 0 Å². The average Bonchev–Trinajstić information content (AvgIpc) is 3.11. The maximum absolute atomic E-state index is 11.9. The van der Waals surface area contributed by atoms with Gasteiger partial charge in [0.1, 0.15) is 0 Å². The minimum absolute atomic E-state index is 0.0726. The van der Waals surface area contributed by atoms with Gasteiger partial charge in [0.25, 0.3) is 0 Å². The third kappa shape index (κ3) is 4.93. The van der Waals surface area contributed by atoms with Crippen molar-refractivity contribution in [1.29, 1.82) is 0 Å². The van der Waals surface area contributed by atoms with Gasteiger partial charge in [-0.25, -0.2) is 0 Å². The Labute approximate surface area is 133 Å². The van der Waals surface area contributed by atoms with E-state index in [4.69, 9.17) is 16.7 Å². The SMILES string of the molecule is Cc1cc(Cl)ccc1NC(=O)CSCC1(CC(=O)O)CC1. The normalized spacial score (nSPS) is 15.5. The molecule has 0 radical (unpaired) electrons. The van der Waals surface area contributed by atoms with Crippen LogP contribution in [0.2, 0.25) is 5.02 Å². The van der Waals surface area contributed by atoms with Crippen molar-refractivity contribution in [2.75, 3.05) is 16.8 Å². The summed E-state index contributed by atoms with van der Waals surface area (Å²) >= 11 is 7.37. The Kier molecular flexibility index (Phi) is 5.17. The Hall–Kier alpha value is -1.20. The molecule has 1 amide bonds. The number of hydrogen-bond donors (Lipinski definition) is 2. The maximum Gasteiger partial charge on any atom is 0.303 e. The summed E-state index contributed by atoms with van der Waals surface area (Å²) in [6.45, 7) is 1.89. The number of benzene rings is 1. The topological polar surface area (TPSA) is 66.4 Å². The van der Waals surface area contributed by atoms with Gasteiger partial charge < -0.3 is 10.4 Å². The summed E-state index contributed by atoms with van der Waals surface area (Å²) in [4.78, 5) is 22.7. The van der Waals surface area contributed by atoms with Gasteiger partial charge in [0.15, 0.2) is 0 Å². The molecule has 4 nitrogen and oxygen atoms in total. The number of aryl methyl sites for hydroxylation is 1. The molecule has 1 aliphatic rings. The quantitative estimate of drug-likeness (QED) is 0.803. The van der Waals surface area contributed by atoms with Crippen LogP contribution >= 0.6 is 23.4 Å². The van der Waals surface area contributed by atoms with E-state index in [-0.39, 0.29) is 17.7 Å². The number of rotatable bonds is 7. The lowest BCUT2D eigenvalue weighted by atomic mass is 10.1. The molecule has 21 heavy (non-hydrogen) atoms. The fourth-order valence-electron chi connectivity index (χ4n) is 2.18. The number of thioether (sulfide) groups is 1. The molecule has 2 rings (SSSR count). The van der Waals surface area contributed by atoms with E-state index >= 15 is 0 Å². The van der Waals surface area contributed by atoms with Crippen molar-refractivity contribution in [3.8, 4) is 0 Å². The zero-order valence-corrected chi connectivity index (χ0v) is 13.4. The Morgan fingerprint density at radius 3 is 2.71 bits per heavy atom. The van der Waals surface area contributed by atoms with E-state index in [1.807, 2.05) is 6.92 Å². The number of hydrogen-bond acceptors (Lipinski definition) is 3. The molecule has 0 atom stereocenters. The number of nitrogens with one attached hydrogen (secondary N) is 1. The Morgan fingerprint density at radius 1 is 1.43 bits per heavy atom. The number of carbonyl (C=O) groups is 2. The van der Waals surface area contributed by atoms with E-state index in [1.54, 1.807) is 18.2 Å². The molecular formula is C15H18ClNO3S. The van der Waals surface area contributed by atoms with E-state index in [0.717, 1.165) is 29.8 Å². The predicted molar refractivity (Wildman–Crippen MR) is 86.1 cm³/mol. The van der Waals surface area contributed by atoms with Gasteiger partial charge in [-0.2, -0.15) is 11.8 Å². The maximum atomic E-state index is 11.9. The van der Waals surface area contributed by atoms with Gasteiger partial charge in [-0.3, -0.25) is 9.59 Å². The molecule has 1 aliphatic carbocycles. The van der Waals surface area contributed by atoms with E-state index in [9.17, 15) is 9.59 Å². The third-order valence-electron chi connectivity index (χ3n) is 3.59. The third-order valence-corrected chi connectivity index (χ3v) is 5.11. The molecule has 0 spiro atoms. The molecule has 1 fully saturated rings.